The molecular formula is C52H86O6. The van der Waals surface area contributed by atoms with Gasteiger partial charge in [0, 0.05) is 19.3 Å². The summed E-state index contributed by atoms with van der Waals surface area (Å²) in [6.07, 6.45) is 58.7. The van der Waals surface area contributed by atoms with Crippen LogP contribution in [0.25, 0.3) is 0 Å². The molecule has 0 spiro atoms. The van der Waals surface area contributed by atoms with Crippen molar-refractivity contribution in [1.29, 1.82) is 0 Å². The Morgan fingerprint density at radius 3 is 1.17 bits per heavy atom. The molecule has 0 aliphatic rings. The molecule has 0 bridgehead atoms. The van der Waals surface area contributed by atoms with Gasteiger partial charge in [-0.05, 0) is 103 Å². The molecule has 0 aromatic heterocycles. The average Bonchev–Trinajstić information content (AvgIpc) is 3.22. The molecule has 0 aliphatic heterocycles. The molecular weight excluding hydrogens is 721 g/mol. The second-order valence-electron chi connectivity index (χ2n) is 15.2. The summed E-state index contributed by atoms with van der Waals surface area (Å²) in [6.45, 7) is 6.29. The summed E-state index contributed by atoms with van der Waals surface area (Å²) >= 11 is 0. The lowest BCUT2D eigenvalue weighted by atomic mass is 10.1. The second kappa shape index (κ2) is 46.3. The number of unbranched alkanes of at least 4 members (excludes halogenated alkanes) is 16. The fourth-order valence-electron chi connectivity index (χ4n) is 6.12. The van der Waals surface area contributed by atoms with Crippen LogP contribution in [0.3, 0.4) is 0 Å². The molecule has 0 fully saturated rings. The predicted molar refractivity (Wildman–Crippen MR) is 247 cm³/mol. The van der Waals surface area contributed by atoms with E-state index in [1.165, 1.54) is 77.0 Å². The van der Waals surface area contributed by atoms with E-state index in [1.807, 2.05) is 0 Å². The molecule has 58 heavy (non-hydrogen) atoms. The largest absolute Gasteiger partial charge is 0.462 e. The van der Waals surface area contributed by atoms with Gasteiger partial charge in [-0.1, -0.05) is 170 Å². The number of hydrogen-bond acceptors (Lipinski definition) is 6. The van der Waals surface area contributed by atoms with E-state index in [0.29, 0.717) is 19.3 Å². The lowest BCUT2D eigenvalue weighted by Crippen LogP contribution is -2.30. The van der Waals surface area contributed by atoms with Gasteiger partial charge in [0.15, 0.2) is 6.10 Å². The number of allylic oxidation sites excluding steroid dienone is 14. The number of ether oxygens (including phenoxy) is 3. The molecule has 0 heterocycles. The van der Waals surface area contributed by atoms with Crippen molar-refractivity contribution < 1.29 is 28.6 Å². The molecule has 330 valence electrons. The van der Waals surface area contributed by atoms with Crippen molar-refractivity contribution in [2.75, 3.05) is 13.2 Å². The first-order valence-electron chi connectivity index (χ1n) is 23.6. The average molecular weight is 807 g/mol. The maximum absolute atomic E-state index is 12.7. The highest BCUT2D eigenvalue weighted by atomic mass is 16.6. The Kier molecular flexibility index (Phi) is 43.6. The molecule has 0 saturated carbocycles. The second-order valence-corrected chi connectivity index (χ2v) is 15.2. The van der Waals surface area contributed by atoms with E-state index in [9.17, 15) is 14.4 Å². The Bertz CT molecular complexity index is 1160. The molecule has 0 amide bonds. The predicted octanol–water partition coefficient (Wildman–Crippen LogP) is 15.3. The van der Waals surface area contributed by atoms with Crippen LogP contribution in [-0.4, -0.2) is 37.2 Å². The Labute approximate surface area is 356 Å². The van der Waals surface area contributed by atoms with Crippen LogP contribution in [0.15, 0.2) is 85.1 Å². The minimum absolute atomic E-state index is 0.111. The van der Waals surface area contributed by atoms with E-state index in [4.69, 9.17) is 14.2 Å². The fourth-order valence-corrected chi connectivity index (χ4v) is 6.12. The molecule has 1 unspecified atom stereocenters. The van der Waals surface area contributed by atoms with Gasteiger partial charge in [0.1, 0.15) is 13.2 Å². The number of carbonyl (C=O) groups is 3. The maximum atomic E-state index is 12.7. The van der Waals surface area contributed by atoms with Gasteiger partial charge in [-0.3, -0.25) is 14.4 Å². The highest BCUT2D eigenvalue weighted by Crippen LogP contribution is 2.13. The number of rotatable bonds is 41. The smallest absolute Gasteiger partial charge is 0.306 e. The summed E-state index contributed by atoms with van der Waals surface area (Å²) in [4.78, 5) is 37.7. The third-order valence-corrected chi connectivity index (χ3v) is 9.61. The van der Waals surface area contributed by atoms with Crippen molar-refractivity contribution in [3.8, 4) is 0 Å². The Morgan fingerprint density at radius 2 is 0.690 bits per heavy atom. The van der Waals surface area contributed by atoms with E-state index in [0.717, 1.165) is 77.0 Å². The third-order valence-electron chi connectivity index (χ3n) is 9.61. The maximum Gasteiger partial charge on any atom is 0.306 e. The number of esters is 3. The quantitative estimate of drug-likeness (QED) is 0.0265. The van der Waals surface area contributed by atoms with E-state index in [2.05, 4.69) is 106 Å². The van der Waals surface area contributed by atoms with Crippen LogP contribution in [-0.2, 0) is 28.6 Å². The van der Waals surface area contributed by atoms with Crippen LogP contribution < -0.4 is 0 Å². The molecule has 0 rings (SSSR count). The first kappa shape index (κ1) is 54.6. The van der Waals surface area contributed by atoms with Crippen molar-refractivity contribution in [2.24, 2.45) is 0 Å². The lowest BCUT2D eigenvalue weighted by Gasteiger charge is -2.18. The lowest BCUT2D eigenvalue weighted by molar-refractivity contribution is -0.167. The molecule has 0 aliphatic carbocycles. The van der Waals surface area contributed by atoms with Crippen molar-refractivity contribution in [3.63, 3.8) is 0 Å². The summed E-state index contributed by atoms with van der Waals surface area (Å²) in [7, 11) is 0. The van der Waals surface area contributed by atoms with Crippen LogP contribution in [0.5, 0.6) is 0 Å². The van der Waals surface area contributed by atoms with Crippen molar-refractivity contribution in [1.82, 2.24) is 0 Å². The van der Waals surface area contributed by atoms with Crippen molar-refractivity contribution >= 4 is 17.9 Å². The molecule has 1 atom stereocenters. The standard InChI is InChI=1S/C52H86O6/c1-4-7-10-13-16-19-22-24-25-26-27-28-31-33-36-39-42-45-51(54)57-48-49(47-56-50(53)44-41-38-35-32-29-21-18-15-12-9-6-3)58-52(55)46-43-40-37-34-30-23-20-17-14-11-8-5-2/h8-9,11-12,17-18,20-21,24-25,30,32,34-35,49H,4-7,10,13-16,19,22-23,26-29,31,33,36-48H2,1-3H3/b11-8-,12-9-,20-17-,21-18-,25-24-,34-30-,35-32-. The van der Waals surface area contributed by atoms with Crippen LogP contribution in [0.4, 0.5) is 0 Å². The normalized spacial score (nSPS) is 12.8. The zero-order valence-corrected chi connectivity index (χ0v) is 37.5. The molecule has 6 heteroatoms. The van der Waals surface area contributed by atoms with Gasteiger partial charge in [0.05, 0.1) is 0 Å². The molecule has 0 radical (unpaired) electrons. The van der Waals surface area contributed by atoms with Crippen molar-refractivity contribution in [3.05, 3.63) is 85.1 Å². The van der Waals surface area contributed by atoms with Crippen LogP contribution in [0, 0.1) is 0 Å². The Morgan fingerprint density at radius 1 is 0.362 bits per heavy atom. The van der Waals surface area contributed by atoms with Gasteiger partial charge in [0.2, 0.25) is 0 Å². The number of carbonyl (C=O) groups excluding carboxylic acids is 3. The van der Waals surface area contributed by atoms with E-state index >= 15 is 0 Å². The minimum Gasteiger partial charge on any atom is -0.462 e. The zero-order valence-electron chi connectivity index (χ0n) is 37.5. The summed E-state index contributed by atoms with van der Waals surface area (Å²) in [6, 6.07) is 0. The first-order valence-corrected chi connectivity index (χ1v) is 23.6. The summed E-state index contributed by atoms with van der Waals surface area (Å²) in [5, 5.41) is 0. The molecule has 0 saturated heterocycles. The molecule has 6 nitrogen and oxygen atoms in total. The van der Waals surface area contributed by atoms with Gasteiger partial charge >= 0.3 is 17.9 Å². The van der Waals surface area contributed by atoms with Gasteiger partial charge in [-0.15, -0.1) is 0 Å². The van der Waals surface area contributed by atoms with Crippen LogP contribution in [0.1, 0.15) is 207 Å². The molecule has 0 aromatic rings. The van der Waals surface area contributed by atoms with E-state index in [-0.39, 0.29) is 44.0 Å². The van der Waals surface area contributed by atoms with Gasteiger partial charge in [-0.2, -0.15) is 0 Å². The first-order chi connectivity index (χ1) is 28.5. The van der Waals surface area contributed by atoms with Crippen LogP contribution in [0.2, 0.25) is 0 Å². The highest BCUT2D eigenvalue weighted by molar-refractivity contribution is 5.71. The van der Waals surface area contributed by atoms with Crippen LogP contribution >= 0.6 is 0 Å². The van der Waals surface area contributed by atoms with Gasteiger partial charge in [-0.25, -0.2) is 0 Å². The van der Waals surface area contributed by atoms with Crippen molar-refractivity contribution in [2.45, 2.75) is 213 Å². The topological polar surface area (TPSA) is 78.9 Å². The zero-order chi connectivity index (χ0) is 42.3. The van der Waals surface area contributed by atoms with E-state index in [1.54, 1.807) is 0 Å². The summed E-state index contributed by atoms with van der Waals surface area (Å²) < 4.78 is 16.6. The summed E-state index contributed by atoms with van der Waals surface area (Å²) in [5.74, 6) is -1.02. The van der Waals surface area contributed by atoms with Gasteiger partial charge in [0.25, 0.3) is 0 Å². The Hall–Kier alpha value is -3.41. The minimum atomic E-state index is -0.816. The van der Waals surface area contributed by atoms with E-state index < -0.39 is 6.10 Å². The van der Waals surface area contributed by atoms with Gasteiger partial charge < -0.3 is 14.2 Å². The Balaban J connectivity index is 4.45. The molecule has 0 aromatic carbocycles. The highest BCUT2D eigenvalue weighted by Gasteiger charge is 2.19. The third kappa shape index (κ3) is 43.7. The fraction of sp³-hybridized carbons (Fsp3) is 0.673. The SMILES string of the molecule is CC/C=C\C/C=C\C/C=C\CCCCC(=O)OC(COC(=O)CCC/C=C\C/C=C\C/C=C\CC)COC(=O)CCCCCCCCC/C=C\CCCCCCCC. The monoisotopic (exact) mass is 807 g/mol. The molecule has 0 N–H and O–H groups in total. The number of hydrogen-bond donors (Lipinski definition) is 0. The summed E-state index contributed by atoms with van der Waals surface area (Å²) in [5.41, 5.74) is 0.